The van der Waals surface area contributed by atoms with Crippen molar-refractivity contribution in [2.24, 2.45) is 0 Å². The van der Waals surface area contributed by atoms with Gasteiger partial charge in [-0.25, -0.2) is 4.39 Å². The van der Waals surface area contributed by atoms with Gasteiger partial charge in [0.1, 0.15) is 17.3 Å². The van der Waals surface area contributed by atoms with E-state index in [0.717, 1.165) is 12.3 Å². The molecule has 1 amide bonds. The van der Waals surface area contributed by atoms with E-state index in [0.29, 0.717) is 44.1 Å². The number of hydrogen-bond acceptors (Lipinski definition) is 5. The summed E-state index contributed by atoms with van der Waals surface area (Å²) in [7, 11) is 0. The van der Waals surface area contributed by atoms with E-state index in [-0.39, 0.29) is 17.8 Å². The average Bonchev–Trinajstić information content (AvgIpc) is 3.42. The summed E-state index contributed by atoms with van der Waals surface area (Å²) in [6, 6.07) is 13.0. The number of rotatable bonds is 7. The van der Waals surface area contributed by atoms with Crippen LogP contribution in [0.25, 0.3) is 0 Å². The summed E-state index contributed by atoms with van der Waals surface area (Å²) >= 11 is 0. The maximum absolute atomic E-state index is 13.3. The summed E-state index contributed by atoms with van der Waals surface area (Å²) in [6.07, 6.45) is 3.11. The summed E-state index contributed by atoms with van der Waals surface area (Å²) in [4.78, 5) is 17.0. The second-order valence-electron chi connectivity index (χ2n) is 7.08. The Balaban J connectivity index is 1.45. The number of amides is 1. The Morgan fingerprint density at radius 2 is 1.79 bits per heavy atom. The highest BCUT2D eigenvalue weighted by Crippen LogP contribution is 2.16. The second kappa shape index (κ2) is 9.07. The van der Waals surface area contributed by atoms with Crippen molar-refractivity contribution in [3.8, 4) is 0 Å². The number of morpholine rings is 1. The van der Waals surface area contributed by atoms with Gasteiger partial charge < -0.3 is 18.5 Å². The molecule has 0 aliphatic carbocycles. The minimum Gasteiger partial charge on any atom is -0.468 e. The molecule has 1 unspecified atom stereocenters. The van der Waals surface area contributed by atoms with E-state index < -0.39 is 0 Å². The molecule has 4 rings (SSSR count). The Kier molecular flexibility index (Phi) is 6.07. The molecular weight excluding hydrogens is 375 g/mol. The fraction of sp³-hybridized carbons (Fsp3) is 0.318. The number of hydrogen-bond donors (Lipinski definition) is 0. The first-order valence-corrected chi connectivity index (χ1v) is 9.61. The molecule has 1 aromatic carbocycles. The Morgan fingerprint density at radius 3 is 2.48 bits per heavy atom. The first kappa shape index (κ1) is 19.4. The summed E-state index contributed by atoms with van der Waals surface area (Å²) in [5, 5.41) is 0. The number of halogens is 1. The van der Waals surface area contributed by atoms with Gasteiger partial charge in [0, 0.05) is 25.2 Å². The largest absolute Gasteiger partial charge is 0.468 e. The molecule has 3 heterocycles. The third-order valence-electron chi connectivity index (χ3n) is 4.91. The Labute approximate surface area is 168 Å². The lowest BCUT2D eigenvalue weighted by molar-refractivity contribution is -0.0457. The van der Waals surface area contributed by atoms with Gasteiger partial charge in [-0.3, -0.25) is 9.69 Å². The van der Waals surface area contributed by atoms with Crippen molar-refractivity contribution in [3.63, 3.8) is 0 Å². The Morgan fingerprint density at radius 1 is 1.07 bits per heavy atom. The van der Waals surface area contributed by atoms with Gasteiger partial charge in [0.2, 0.25) is 0 Å². The number of carbonyl (C=O) groups excluding carboxylic acids is 1. The number of benzene rings is 1. The van der Waals surface area contributed by atoms with Crippen molar-refractivity contribution < 1.29 is 22.8 Å². The van der Waals surface area contributed by atoms with Crippen LogP contribution < -0.4 is 0 Å². The van der Waals surface area contributed by atoms with E-state index >= 15 is 0 Å². The molecule has 0 N–H and O–H groups in total. The maximum Gasteiger partial charge on any atom is 0.254 e. The van der Waals surface area contributed by atoms with Crippen LogP contribution >= 0.6 is 0 Å². The summed E-state index contributed by atoms with van der Waals surface area (Å²) in [5.41, 5.74) is 0.432. The summed E-state index contributed by atoms with van der Waals surface area (Å²) in [6.45, 7) is 3.52. The summed E-state index contributed by atoms with van der Waals surface area (Å²) in [5.74, 6) is 1.03. The minimum absolute atomic E-state index is 0.141. The van der Waals surface area contributed by atoms with Crippen LogP contribution in [0.15, 0.2) is 69.9 Å². The molecule has 1 saturated heterocycles. The fourth-order valence-electron chi connectivity index (χ4n) is 3.49. The van der Waals surface area contributed by atoms with E-state index in [9.17, 15) is 9.18 Å². The molecule has 0 spiro atoms. The Hall–Kier alpha value is -2.90. The first-order valence-electron chi connectivity index (χ1n) is 9.61. The van der Waals surface area contributed by atoms with Gasteiger partial charge in [-0.1, -0.05) is 0 Å². The molecule has 2 aromatic heterocycles. The SMILES string of the molecule is O=C(c1ccc(F)cc1)N(Cc1ccco1)CC1CN(Cc2ccco2)CCO1. The predicted octanol–water partition coefficient (Wildman–Crippen LogP) is 3.56. The molecule has 1 aliphatic rings. The molecule has 3 aromatic rings. The zero-order chi connectivity index (χ0) is 20.1. The zero-order valence-electron chi connectivity index (χ0n) is 16.0. The maximum atomic E-state index is 13.3. The van der Waals surface area contributed by atoms with Crippen LogP contribution in [0.1, 0.15) is 21.9 Å². The highest BCUT2D eigenvalue weighted by molar-refractivity contribution is 5.94. The monoisotopic (exact) mass is 398 g/mol. The minimum atomic E-state index is -0.372. The van der Waals surface area contributed by atoms with E-state index in [4.69, 9.17) is 13.6 Å². The predicted molar refractivity (Wildman–Crippen MR) is 104 cm³/mol. The molecule has 152 valence electrons. The van der Waals surface area contributed by atoms with Gasteiger partial charge in [-0.05, 0) is 48.5 Å². The van der Waals surface area contributed by atoms with Gasteiger partial charge in [-0.15, -0.1) is 0 Å². The van der Waals surface area contributed by atoms with Gasteiger partial charge >= 0.3 is 0 Å². The lowest BCUT2D eigenvalue weighted by Crippen LogP contribution is -2.48. The van der Waals surface area contributed by atoms with Crippen molar-refractivity contribution >= 4 is 5.91 Å². The van der Waals surface area contributed by atoms with Crippen molar-refractivity contribution in [1.29, 1.82) is 0 Å². The van der Waals surface area contributed by atoms with Crippen molar-refractivity contribution in [2.45, 2.75) is 19.2 Å². The van der Waals surface area contributed by atoms with Gasteiger partial charge in [0.05, 0.1) is 38.3 Å². The zero-order valence-corrected chi connectivity index (χ0v) is 16.0. The fourth-order valence-corrected chi connectivity index (χ4v) is 3.49. The van der Waals surface area contributed by atoms with E-state index in [2.05, 4.69) is 4.90 Å². The molecule has 1 fully saturated rings. The van der Waals surface area contributed by atoms with Crippen LogP contribution in [0.4, 0.5) is 4.39 Å². The van der Waals surface area contributed by atoms with E-state index in [1.165, 1.54) is 24.3 Å². The Bertz CT molecular complexity index is 894. The molecule has 6 nitrogen and oxygen atoms in total. The van der Waals surface area contributed by atoms with E-state index in [1.54, 1.807) is 23.5 Å². The quantitative estimate of drug-likeness (QED) is 0.609. The molecular formula is C22H23FN2O4. The van der Waals surface area contributed by atoms with Gasteiger partial charge in [-0.2, -0.15) is 0 Å². The van der Waals surface area contributed by atoms with Gasteiger partial charge in [0.15, 0.2) is 0 Å². The molecule has 1 atom stereocenters. The summed E-state index contributed by atoms with van der Waals surface area (Å²) < 4.78 is 30.1. The van der Waals surface area contributed by atoms with Crippen LogP contribution in [0.5, 0.6) is 0 Å². The highest BCUT2D eigenvalue weighted by atomic mass is 19.1. The highest BCUT2D eigenvalue weighted by Gasteiger charge is 2.26. The molecule has 7 heteroatoms. The molecule has 0 saturated carbocycles. The van der Waals surface area contributed by atoms with E-state index in [1.807, 2.05) is 18.2 Å². The third kappa shape index (κ3) is 5.13. The topological polar surface area (TPSA) is 59.1 Å². The van der Waals surface area contributed by atoms with Crippen LogP contribution in [0, 0.1) is 5.82 Å². The second-order valence-corrected chi connectivity index (χ2v) is 7.08. The smallest absolute Gasteiger partial charge is 0.254 e. The van der Waals surface area contributed by atoms with Crippen LogP contribution in [0.2, 0.25) is 0 Å². The standard InChI is InChI=1S/C22H23FN2O4/c23-18-7-5-17(6-8-18)22(26)25(15-20-4-2-11-28-20)16-21-14-24(9-12-29-21)13-19-3-1-10-27-19/h1-8,10-11,21H,9,12-16H2. The lowest BCUT2D eigenvalue weighted by Gasteiger charge is -2.35. The average molecular weight is 398 g/mol. The van der Waals surface area contributed by atoms with Gasteiger partial charge in [0.25, 0.3) is 5.91 Å². The number of furan rings is 2. The lowest BCUT2D eigenvalue weighted by atomic mass is 10.1. The number of ether oxygens (including phenoxy) is 1. The molecule has 1 aliphatic heterocycles. The number of nitrogens with zero attached hydrogens (tertiary/aromatic N) is 2. The third-order valence-corrected chi connectivity index (χ3v) is 4.91. The van der Waals surface area contributed by atoms with Crippen LogP contribution in [-0.2, 0) is 17.8 Å². The molecule has 0 radical (unpaired) electrons. The van der Waals surface area contributed by atoms with Crippen molar-refractivity contribution in [1.82, 2.24) is 9.80 Å². The molecule has 29 heavy (non-hydrogen) atoms. The first-order chi connectivity index (χ1) is 14.2. The van der Waals surface area contributed by atoms with Crippen molar-refractivity contribution in [3.05, 3.63) is 84.0 Å². The van der Waals surface area contributed by atoms with Crippen molar-refractivity contribution in [2.75, 3.05) is 26.2 Å². The normalized spacial score (nSPS) is 17.3. The number of carbonyl (C=O) groups is 1. The molecule has 0 bridgehead atoms. The van der Waals surface area contributed by atoms with Crippen LogP contribution in [-0.4, -0.2) is 48.1 Å². The van der Waals surface area contributed by atoms with Crippen LogP contribution in [0.3, 0.4) is 0 Å².